The molecule has 0 aromatic heterocycles. The second-order valence-corrected chi connectivity index (χ2v) is 3.45. The van der Waals surface area contributed by atoms with E-state index in [0.29, 0.717) is 0 Å². The Morgan fingerprint density at radius 1 is 1.25 bits per heavy atom. The van der Waals surface area contributed by atoms with E-state index in [1.807, 2.05) is 0 Å². The van der Waals surface area contributed by atoms with E-state index in [2.05, 4.69) is 36.3 Å². The molecule has 0 atom stereocenters. The second kappa shape index (κ2) is 5.20. The van der Waals surface area contributed by atoms with E-state index in [4.69, 9.17) is 0 Å². The van der Waals surface area contributed by atoms with Gasteiger partial charge in [0.05, 0.1) is 0 Å². The minimum absolute atomic E-state index is 1.08. The maximum atomic E-state index is 2.30. The molecule has 1 aliphatic rings. The number of hydrogen-bond acceptors (Lipinski definition) is 2. The average Bonchev–Trinajstić information content (AvgIpc) is 2.46. The molecule has 0 N–H and O–H groups in total. The molecule has 0 aromatic carbocycles. The lowest BCUT2D eigenvalue weighted by molar-refractivity contribution is 0.0820. The van der Waals surface area contributed by atoms with Crippen LogP contribution in [0.2, 0.25) is 0 Å². The molecule has 0 radical (unpaired) electrons. The summed E-state index contributed by atoms with van der Waals surface area (Å²) in [4.78, 5) is 0. The van der Waals surface area contributed by atoms with E-state index in [0.717, 1.165) is 6.54 Å². The Kier molecular flexibility index (Phi) is 4.15. The molecule has 0 bridgehead atoms. The summed E-state index contributed by atoms with van der Waals surface area (Å²) in [5.74, 6) is 0. The number of nitrogens with zero attached hydrogens (tertiary/aromatic N) is 2. The molecule has 0 saturated carbocycles. The van der Waals surface area contributed by atoms with Gasteiger partial charge < -0.3 is 5.01 Å². The molecule has 0 aromatic rings. The maximum absolute atomic E-state index is 2.30. The van der Waals surface area contributed by atoms with Crippen molar-refractivity contribution in [3.63, 3.8) is 0 Å². The Morgan fingerprint density at radius 2 is 2.08 bits per heavy atom. The lowest BCUT2D eigenvalue weighted by atomic mass is 10.2. The van der Waals surface area contributed by atoms with Crippen molar-refractivity contribution in [1.29, 1.82) is 0 Å². The summed E-state index contributed by atoms with van der Waals surface area (Å²) in [5.41, 5.74) is 0. The zero-order chi connectivity index (χ0) is 8.81. The van der Waals surface area contributed by atoms with E-state index in [9.17, 15) is 0 Å². The highest BCUT2D eigenvalue weighted by atomic mass is 15.6. The summed E-state index contributed by atoms with van der Waals surface area (Å²) >= 11 is 0. The largest absolute Gasteiger partial charge is 0.313 e. The van der Waals surface area contributed by atoms with Gasteiger partial charge in [0.1, 0.15) is 0 Å². The molecule has 1 aliphatic heterocycles. The highest BCUT2D eigenvalue weighted by molar-refractivity contribution is 4.89. The molecule has 70 valence electrons. The quantitative estimate of drug-likeness (QED) is 0.581. The third-order valence-corrected chi connectivity index (χ3v) is 2.33. The number of hydrogen-bond donors (Lipinski definition) is 0. The van der Waals surface area contributed by atoms with Crippen molar-refractivity contribution in [3.05, 3.63) is 12.3 Å². The molecule has 1 heterocycles. The molecular formula is C10H20N2. The zero-order valence-electron chi connectivity index (χ0n) is 8.29. The van der Waals surface area contributed by atoms with Gasteiger partial charge in [-0.2, -0.15) is 0 Å². The van der Waals surface area contributed by atoms with Crippen LogP contribution in [-0.2, 0) is 0 Å². The molecule has 0 fully saturated rings. The van der Waals surface area contributed by atoms with Crippen LogP contribution >= 0.6 is 0 Å². The number of hydrazine groups is 1. The maximum Gasteiger partial charge on any atom is 0.0375 e. The van der Waals surface area contributed by atoms with Gasteiger partial charge in [-0.05, 0) is 6.42 Å². The fraction of sp³-hybridized carbons (Fsp3) is 0.800. The first-order chi connectivity index (χ1) is 5.84. The number of likely N-dealkylation sites (N-methyl/N-ethyl adjacent to an activating group) is 1. The van der Waals surface area contributed by atoms with Gasteiger partial charge >= 0.3 is 0 Å². The van der Waals surface area contributed by atoms with Crippen molar-refractivity contribution in [1.82, 2.24) is 10.0 Å². The predicted octanol–water partition coefficient (Wildman–Crippen LogP) is 2.24. The van der Waals surface area contributed by atoms with Gasteiger partial charge in [0, 0.05) is 26.3 Å². The van der Waals surface area contributed by atoms with Crippen LogP contribution in [0.15, 0.2) is 12.3 Å². The van der Waals surface area contributed by atoms with Gasteiger partial charge in [0.15, 0.2) is 0 Å². The van der Waals surface area contributed by atoms with Crippen molar-refractivity contribution >= 4 is 0 Å². The minimum Gasteiger partial charge on any atom is -0.313 e. The highest BCUT2D eigenvalue weighted by Crippen LogP contribution is 2.07. The predicted molar refractivity (Wildman–Crippen MR) is 52.6 cm³/mol. The van der Waals surface area contributed by atoms with Crippen LogP contribution in [-0.4, -0.2) is 30.2 Å². The first-order valence-corrected chi connectivity index (χ1v) is 4.99. The van der Waals surface area contributed by atoms with Crippen LogP contribution in [0.5, 0.6) is 0 Å². The van der Waals surface area contributed by atoms with Crippen LogP contribution in [0.25, 0.3) is 0 Å². The number of unbranched alkanes of at least 4 members (excludes halogenated alkanes) is 3. The van der Waals surface area contributed by atoms with Crippen molar-refractivity contribution in [2.75, 3.05) is 20.1 Å². The summed E-state index contributed by atoms with van der Waals surface area (Å²) in [6, 6.07) is 0. The smallest absolute Gasteiger partial charge is 0.0375 e. The van der Waals surface area contributed by atoms with Gasteiger partial charge in [-0.3, -0.25) is 0 Å². The molecule has 0 saturated heterocycles. The van der Waals surface area contributed by atoms with Crippen molar-refractivity contribution < 1.29 is 0 Å². The summed E-state index contributed by atoms with van der Waals surface area (Å²) in [6.45, 7) is 4.52. The fourth-order valence-electron chi connectivity index (χ4n) is 1.49. The first-order valence-electron chi connectivity index (χ1n) is 4.99. The van der Waals surface area contributed by atoms with Crippen molar-refractivity contribution in [2.24, 2.45) is 0 Å². The average molecular weight is 168 g/mol. The van der Waals surface area contributed by atoms with Gasteiger partial charge in [-0.1, -0.05) is 32.3 Å². The first kappa shape index (κ1) is 9.59. The zero-order valence-corrected chi connectivity index (χ0v) is 8.29. The van der Waals surface area contributed by atoms with Crippen LogP contribution in [0.1, 0.15) is 32.6 Å². The Labute approximate surface area is 75.8 Å². The monoisotopic (exact) mass is 168 g/mol. The topological polar surface area (TPSA) is 6.48 Å². The van der Waals surface area contributed by atoms with Crippen molar-refractivity contribution in [3.8, 4) is 0 Å². The Bertz CT molecular complexity index is 143. The van der Waals surface area contributed by atoms with Gasteiger partial charge in [-0.15, -0.1) is 0 Å². The molecule has 1 rings (SSSR count). The van der Waals surface area contributed by atoms with Gasteiger partial charge in [0.25, 0.3) is 0 Å². The standard InChI is InChI=1S/C10H20N2/c1-3-4-5-6-9-12-10-7-8-11(12)2/h7,10H,3-6,8-9H2,1-2H3. The summed E-state index contributed by atoms with van der Waals surface area (Å²) in [7, 11) is 2.14. The number of rotatable bonds is 5. The van der Waals surface area contributed by atoms with Crippen molar-refractivity contribution in [2.45, 2.75) is 32.6 Å². The lowest BCUT2D eigenvalue weighted by Gasteiger charge is -2.24. The minimum atomic E-state index is 1.08. The molecule has 0 unspecified atom stereocenters. The molecule has 0 aliphatic carbocycles. The van der Waals surface area contributed by atoms with E-state index < -0.39 is 0 Å². The third kappa shape index (κ3) is 2.86. The SMILES string of the molecule is CCCCCCN1C=CCN1C. The Balaban J connectivity index is 2.02. The molecular weight excluding hydrogens is 148 g/mol. The molecule has 0 amide bonds. The van der Waals surface area contributed by atoms with Crippen LogP contribution < -0.4 is 0 Å². The highest BCUT2D eigenvalue weighted by Gasteiger charge is 2.09. The summed E-state index contributed by atoms with van der Waals surface area (Å²) in [6.07, 6.45) is 9.79. The Hall–Kier alpha value is -0.500. The second-order valence-electron chi connectivity index (χ2n) is 3.45. The van der Waals surface area contributed by atoms with E-state index in [1.54, 1.807) is 0 Å². The summed E-state index contributed by atoms with van der Waals surface area (Å²) in [5, 5.41) is 4.56. The normalized spacial score (nSPS) is 17.7. The van der Waals surface area contributed by atoms with Crippen LogP contribution in [0.4, 0.5) is 0 Å². The van der Waals surface area contributed by atoms with Crippen LogP contribution in [0.3, 0.4) is 0 Å². The van der Waals surface area contributed by atoms with E-state index in [-0.39, 0.29) is 0 Å². The molecule has 2 nitrogen and oxygen atoms in total. The summed E-state index contributed by atoms with van der Waals surface area (Å²) < 4.78 is 0. The third-order valence-electron chi connectivity index (χ3n) is 2.33. The lowest BCUT2D eigenvalue weighted by Crippen LogP contribution is -2.32. The van der Waals surface area contributed by atoms with Gasteiger partial charge in [0.2, 0.25) is 0 Å². The van der Waals surface area contributed by atoms with Gasteiger partial charge in [-0.25, -0.2) is 5.01 Å². The fourth-order valence-corrected chi connectivity index (χ4v) is 1.49. The Morgan fingerprint density at radius 3 is 2.67 bits per heavy atom. The van der Waals surface area contributed by atoms with Crippen LogP contribution in [0, 0.1) is 0 Å². The van der Waals surface area contributed by atoms with E-state index >= 15 is 0 Å². The molecule has 0 spiro atoms. The molecule has 2 heteroatoms. The van der Waals surface area contributed by atoms with E-state index in [1.165, 1.54) is 32.2 Å². The molecule has 12 heavy (non-hydrogen) atoms.